The fourth-order valence-corrected chi connectivity index (χ4v) is 2.92. The van der Waals surface area contributed by atoms with Gasteiger partial charge < -0.3 is 15.1 Å². The van der Waals surface area contributed by atoms with Crippen LogP contribution < -0.4 is 0 Å². The third-order valence-corrected chi connectivity index (χ3v) is 4.20. The predicted octanol–water partition coefficient (Wildman–Crippen LogP) is 2.32. The fourth-order valence-electron chi connectivity index (χ4n) is 2.43. The monoisotopic (exact) mass is 389 g/mol. The number of nitrogens with zero attached hydrogens (tertiary/aromatic N) is 1. The summed E-state index contributed by atoms with van der Waals surface area (Å²) < 4.78 is 0.894. The second-order valence-electron chi connectivity index (χ2n) is 5.00. The van der Waals surface area contributed by atoms with Gasteiger partial charge in [-0.1, -0.05) is 0 Å². The Morgan fingerprint density at radius 3 is 2.85 bits per heavy atom. The number of carbonyl (C=O) groups excluding carboxylic acids is 1. The summed E-state index contributed by atoms with van der Waals surface area (Å²) in [6.45, 7) is 1.19. The number of halogens is 1. The SMILES string of the molecule is O=C(O)CCC1CCN(C(=O)c2cc(I)ccc2O)C1. The molecule has 1 atom stereocenters. The van der Waals surface area contributed by atoms with Gasteiger partial charge in [0.05, 0.1) is 5.56 Å². The molecule has 6 heteroatoms. The van der Waals surface area contributed by atoms with Crippen molar-refractivity contribution in [3.05, 3.63) is 27.3 Å². The van der Waals surface area contributed by atoms with Crippen LogP contribution in [-0.2, 0) is 4.79 Å². The number of amides is 1. The number of phenols is 1. The third kappa shape index (κ3) is 3.62. The minimum absolute atomic E-state index is 0.00981. The highest BCUT2D eigenvalue weighted by molar-refractivity contribution is 14.1. The van der Waals surface area contributed by atoms with Gasteiger partial charge in [-0.25, -0.2) is 0 Å². The topological polar surface area (TPSA) is 77.8 Å². The molecule has 1 unspecified atom stereocenters. The maximum atomic E-state index is 12.3. The van der Waals surface area contributed by atoms with E-state index in [4.69, 9.17) is 5.11 Å². The molecule has 1 aromatic carbocycles. The molecule has 2 rings (SSSR count). The van der Waals surface area contributed by atoms with Gasteiger partial charge in [0.1, 0.15) is 5.75 Å². The van der Waals surface area contributed by atoms with Crippen molar-refractivity contribution >= 4 is 34.5 Å². The molecule has 0 radical (unpaired) electrons. The molecule has 0 aromatic heterocycles. The molecular weight excluding hydrogens is 373 g/mol. The van der Waals surface area contributed by atoms with Gasteiger partial charge in [0, 0.05) is 23.1 Å². The van der Waals surface area contributed by atoms with Crippen LogP contribution in [0.1, 0.15) is 29.6 Å². The Morgan fingerprint density at radius 1 is 1.40 bits per heavy atom. The molecule has 0 saturated carbocycles. The minimum Gasteiger partial charge on any atom is -0.507 e. The van der Waals surface area contributed by atoms with Gasteiger partial charge in [-0.05, 0) is 59.5 Å². The van der Waals surface area contributed by atoms with Gasteiger partial charge in [-0.3, -0.25) is 9.59 Å². The molecule has 0 bridgehead atoms. The zero-order chi connectivity index (χ0) is 14.7. The fraction of sp³-hybridized carbons (Fsp3) is 0.429. The van der Waals surface area contributed by atoms with Crippen molar-refractivity contribution in [2.45, 2.75) is 19.3 Å². The molecule has 1 fully saturated rings. The van der Waals surface area contributed by atoms with Crippen molar-refractivity contribution < 1.29 is 19.8 Å². The molecule has 1 amide bonds. The molecule has 2 N–H and O–H groups in total. The van der Waals surface area contributed by atoms with Crippen molar-refractivity contribution in [3.8, 4) is 5.75 Å². The van der Waals surface area contributed by atoms with Crippen molar-refractivity contribution in [2.24, 2.45) is 5.92 Å². The number of carboxylic acid groups (broad SMARTS) is 1. The van der Waals surface area contributed by atoms with E-state index >= 15 is 0 Å². The van der Waals surface area contributed by atoms with E-state index in [1.54, 1.807) is 17.0 Å². The first kappa shape index (κ1) is 15.1. The maximum absolute atomic E-state index is 12.3. The minimum atomic E-state index is -0.801. The number of hydrogen-bond acceptors (Lipinski definition) is 3. The summed E-state index contributed by atoms with van der Waals surface area (Å²) in [6.07, 6.45) is 1.56. The lowest BCUT2D eigenvalue weighted by molar-refractivity contribution is -0.137. The molecule has 1 heterocycles. The third-order valence-electron chi connectivity index (χ3n) is 3.53. The van der Waals surface area contributed by atoms with E-state index in [-0.39, 0.29) is 24.0 Å². The van der Waals surface area contributed by atoms with E-state index in [9.17, 15) is 14.7 Å². The number of carboxylic acids is 1. The standard InChI is InChI=1S/C14H16INO4/c15-10-2-3-12(17)11(7-10)14(20)16-6-5-9(8-16)1-4-13(18)19/h2-3,7,9,17H,1,4-6,8H2,(H,18,19). The average Bonchev–Trinajstić information content (AvgIpc) is 2.87. The largest absolute Gasteiger partial charge is 0.507 e. The lowest BCUT2D eigenvalue weighted by Crippen LogP contribution is -2.28. The summed E-state index contributed by atoms with van der Waals surface area (Å²) in [5, 5.41) is 18.5. The molecule has 0 aliphatic carbocycles. The zero-order valence-corrected chi connectivity index (χ0v) is 13.0. The quantitative estimate of drug-likeness (QED) is 0.775. The van der Waals surface area contributed by atoms with E-state index in [0.717, 1.165) is 9.99 Å². The van der Waals surface area contributed by atoms with Crippen molar-refractivity contribution in [2.75, 3.05) is 13.1 Å². The molecule has 1 saturated heterocycles. The number of hydrogen-bond donors (Lipinski definition) is 2. The van der Waals surface area contributed by atoms with Crippen LogP contribution in [0.4, 0.5) is 0 Å². The van der Waals surface area contributed by atoms with Gasteiger partial charge in [-0.2, -0.15) is 0 Å². The molecule has 108 valence electrons. The van der Waals surface area contributed by atoms with Crippen molar-refractivity contribution in [1.82, 2.24) is 4.90 Å². The van der Waals surface area contributed by atoms with Crippen LogP contribution in [0.2, 0.25) is 0 Å². The number of rotatable bonds is 4. The van der Waals surface area contributed by atoms with E-state index in [2.05, 4.69) is 22.6 Å². The summed E-state index contributed by atoms with van der Waals surface area (Å²) in [5.41, 5.74) is 0.316. The van der Waals surface area contributed by atoms with E-state index in [1.807, 2.05) is 0 Å². The molecular formula is C14H16INO4. The van der Waals surface area contributed by atoms with Crippen LogP contribution in [0.15, 0.2) is 18.2 Å². The predicted molar refractivity (Wildman–Crippen MR) is 81.7 cm³/mol. The van der Waals surface area contributed by atoms with Gasteiger partial charge in [-0.15, -0.1) is 0 Å². The second kappa shape index (κ2) is 6.43. The normalized spacial score (nSPS) is 18.2. The van der Waals surface area contributed by atoms with Crippen LogP contribution in [0.5, 0.6) is 5.75 Å². The van der Waals surface area contributed by atoms with Crippen molar-refractivity contribution in [3.63, 3.8) is 0 Å². The van der Waals surface area contributed by atoms with E-state index in [0.29, 0.717) is 25.1 Å². The Hall–Kier alpha value is -1.31. The Balaban J connectivity index is 2.00. The Morgan fingerprint density at radius 2 is 2.15 bits per heavy atom. The lowest BCUT2D eigenvalue weighted by atomic mass is 10.0. The number of benzene rings is 1. The van der Waals surface area contributed by atoms with Crippen LogP contribution >= 0.6 is 22.6 Å². The highest BCUT2D eigenvalue weighted by Gasteiger charge is 2.28. The molecule has 0 spiro atoms. The number of carbonyl (C=O) groups is 2. The first-order chi connectivity index (χ1) is 9.47. The van der Waals surface area contributed by atoms with Gasteiger partial charge in [0.15, 0.2) is 0 Å². The summed E-state index contributed by atoms with van der Waals surface area (Å²) in [7, 11) is 0. The Kier molecular flexibility index (Phi) is 4.85. The molecule has 1 aliphatic rings. The average molecular weight is 389 g/mol. The summed E-state index contributed by atoms with van der Waals surface area (Å²) in [5.74, 6) is -0.756. The van der Waals surface area contributed by atoms with Crippen molar-refractivity contribution in [1.29, 1.82) is 0 Å². The van der Waals surface area contributed by atoms with Crippen LogP contribution in [-0.4, -0.2) is 40.1 Å². The van der Waals surface area contributed by atoms with Gasteiger partial charge >= 0.3 is 5.97 Å². The maximum Gasteiger partial charge on any atom is 0.303 e. The highest BCUT2D eigenvalue weighted by Crippen LogP contribution is 2.26. The Labute approximate surface area is 130 Å². The first-order valence-corrected chi connectivity index (χ1v) is 7.55. The molecule has 20 heavy (non-hydrogen) atoms. The second-order valence-corrected chi connectivity index (χ2v) is 6.25. The number of aromatic hydroxyl groups is 1. The van der Waals surface area contributed by atoms with E-state index < -0.39 is 5.97 Å². The van der Waals surface area contributed by atoms with Gasteiger partial charge in [0.2, 0.25) is 0 Å². The van der Waals surface area contributed by atoms with E-state index in [1.165, 1.54) is 6.07 Å². The van der Waals surface area contributed by atoms with Crippen LogP contribution in [0.25, 0.3) is 0 Å². The molecule has 1 aromatic rings. The number of aliphatic carboxylic acids is 1. The zero-order valence-electron chi connectivity index (χ0n) is 10.9. The summed E-state index contributed by atoms with van der Waals surface area (Å²) in [4.78, 5) is 24.6. The first-order valence-electron chi connectivity index (χ1n) is 6.47. The molecule has 5 nitrogen and oxygen atoms in total. The lowest BCUT2D eigenvalue weighted by Gasteiger charge is -2.17. The van der Waals surface area contributed by atoms with Crippen LogP contribution in [0.3, 0.4) is 0 Å². The molecule has 1 aliphatic heterocycles. The van der Waals surface area contributed by atoms with Gasteiger partial charge in [0.25, 0.3) is 5.91 Å². The summed E-state index contributed by atoms with van der Waals surface area (Å²) in [6, 6.07) is 4.93. The Bertz CT molecular complexity index is 532. The summed E-state index contributed by atoms with van der Waals surface area (Å²) >= 11 is 2.10. The number of phenolic OH excluding ortho intramolecular Hbond substituents is 1. The number of likely N-dealkylation sites (tertiary alicyclic amines) is 1. The highest BCUT2D eigenvalue weighted by atomic mass is 127. The van der Waals surface area contributed by atoms with Crippen LogP contribution in [0, 0.1) is 9.49 Å². The smallest absolute Gasteiger partial charge is 0.303 e.